The third-order valence-electron chi connectivity index (χ3n) is 2.37. The first kappa shape index (κ1) is 13.4. The third-order valence-corrected chi connectivity index (χ3v) is 2.96. The van der Waals surface area contributed by atoms with Gasteiger partial charge in [-0.05, 0) is 34.1 Å². The zero-order chi connectivity index (χ0) is 13.8. The van der Waals surface area contributed by atoms with E-state index in [1.165, 1.54) is 19.2 Å². The maximum atomic E-state index is 10.9. The van der Waals surface area contributed by atoms with Crippen LogP contribution in [0.3, 0.4) is 0 Å². The maximum Gasteiger partial charge on any atom is 0.335 e. The molecule has 0 spiro atoms. The molecule has 0 bridgehead atoms. The Bertz CT molecular complexity index is 615. The molecular formula is C13H10BrNO4. The summed E-state index contributed by atoms with van der Waals surface area (Å²) in [6.07, 6.45) is 3.20. The van der Waals surface area contributed by atoms with Crippen molar-refractivity contribution in [3.8, 4) is 17.2 Å². The van der Waals surface area contributed by atoms with Crippen LogP contribution in [0.25, 0.3) is 0 Å². The van der Waals surface area contributed by atoms with Gasteiger partial charge in [-0.1, -0.05) is 0 Å². The van der Waals surface area contributed by atoms with E-state index < -0.39 is 5.97 Å². The number of hydrogen-bond acceptors (Lipinski definition) is 4. The minimum absolute atomic E-state index is 0.137. The lowest BCUT2D eigenvalue weighted by molar-refractivity contribution is 0.0696. The van der Waals surface area contributed by atoms with Crippen LogP contribution in [-0.2, 0) is 0 Å². The fourth-order valence-electron chi connectivity index (χ4n) is 1.45. The molecule has 0 fully saturated rings. The van der Waals surface area contributed by atoms with E-state index in [1.54, 1.807) is 24.5 Å². The quantitative estimate of drug-likeness (QED) is 0.934. The number of benzene rings is 1. The fraction of sp³-hybridized carbons (Fsp3) is 0.0769. The van der Waals surface area contributed by atoms with E-state index in [0.29, 0.717) is 21.7 Å². The van der Waals surface area contributed by atoms with Crippen LogP contribution in [0.2, 0.25) is 0 Å². The molecule has 0 unspecified atom stereocenters. The topological polar surface area (TPSA) is 68.7 Å². The van der Waals surface area contributed by atoms with Gasteiger partial charge in [-0.2, -0.15) is 0 Å². The zero-order valence-electron chi connectivity index (χ0n) is 9.96. The van der Waals surface area contributed by atoms with Crippen LogP contribution in [-0.4, -0.2) is 23.2 Å². The number of aromatic nitrogens is 1. The average molecular weight is 324 g/mol. The van der Waals surface area contributed by atoms with Gasteiger partial charge in [-0.15, -0.1) is 0 Å². The highest BCUT2D eigenvalue weighted by Gasteiger charge is 2.11. The largest absolute Gasteiger partial charge is 0.493 e. The van der Waals surface area contributed by atoms with Gasteiger partial charge in [0.25, 0.3) is 0 Å². The molecule has 0 amide bonds. The number of rotatable bonds is 4. The van der Waals surface area contributed by atoms with Crippen molar-refractivity contribution in [1.29, 1.82) is 0 Å². The standard InChI is InChI=1S/C13H10BrNO4/c1-18-12-6-8(13(16)17)2-3-11(12)19-10-4-5-15-7-9(10)14/h2-7H,1H3,(H,16,17). The first-order valence-corrected chi connectivity index (χ1v) is 6.10. The first-order chi connectivity index (χ1) is 9.11. The Balaban J connectivity index is 2.35. The van der Waals surface area contributed by atoms with Crippen LogP contribution in [0.15, 0.2) is 41.1 Å². The molecule has 6 heteroatoms. The summed E-state index contributed by atoms with van der Waals surface area (Å²) in [5.41, 5.74) is 0.137. The molecule has 0 aliphatic rings. The second kappa shape index (κ2) is 5.71. The summed E-state index contributed by atoms with van der Waals surface area (Å²) in [5, 5.41) is 8.92. The van der Waals surface area contributed by atoms with E-state index in [4.69, 9.17) is 14.6 Å². The fourth-order valence-corrected chi connectivity index (χ4v) is 1.78. The number of aromatic carboxylic acids is 1. The van der Waals surface area contributed by atoms with Crippen molar-refractivity contribution < 1.29 is 19.4 Å². The molecular weight excluding hydrogens is 314 g/mol. The predicted octanol–water partition coefficient (Wildman–Crippen LogP) is 3.34. The van der Waals surface area contributed by atoms with E-state index in [9.17, 15) is 4.79 Å². The van der Waals surface area contributed by atoms with Crippen LogP contribution in [0.1, 0.15) is 10.4 Å². The van der Waals surface area contributed by atoms with Crippen molar-refractivity contribution in [2.24, 2.45) is 0 Å². The molecule has 1 aromatic carbocycles. The van der Waals surface area contributed by atoms with Crippen LogP contribution < -0.4 is 9.47 Å². The number of carboxylic acid groups (broad SMARTS) is 1. The molecule has 5 nitrogen and oxygen atoms in total. The van der Waals surface area contributed by atoms with Gasteiger partial charge in [-0.3, -0.25) is 4.98 Å². The minimum atomic E-state index is -1.02. The van der Waals surface area contributed by atoms with Gasteiger partial charge in [0.05, 0.1) is 17.1 Å². The van der Waals surface area contributed by atoms with Crippen molar-refractivity contribution in [3.05, 3.63) is 46.7 Å². The number of ether oxygens (including phenoxy) is 2. The number of pyridine rings is 1. The first-order valence-electron chi connectivity index (χ1n) is 5.30. The summed E-state index contributed by atoms with van der Waals surface area (Å²) in [6, 6.07) is 6.10. The smallest absolute Gasteiger partial charge is 0.335 e. The van der Waals surface area contributed by atoms with E-state index in [-0.39, 0.29) is 5.56 Å². The Kier molecular flexibility index (Phi) is 4.01. The number of carboxylic acids is 1. The highest BCUT2D eigenvalue weighted by atomic mass is 79.9. The molecule has 0 saturated carbocycles. The predicted molar refractivity (Wildman–Crippen MR) is 72.0 cm³/mol. The summed E-state index contributed by atoms with van der Waals surface area (Å²) < 4.78 is 11.5. The second-order valence-corrected chi connectivity index (χ2v) is 4.43. The van der Waals surface area contributed by atoms with Gasteiger partial charge in [0, 0.05) is 18.5 Å². The van der Waals surface area contributed by atoms with Crippen molar-refractivity contribution in [2.75, 3.05) is 7.11 Å². The lowest BCUT2D eigenvalue weighted by Gasteiger charge is -2.11. The minimum Gasteiger partial charge on any atom is -0.493 e. The van der Waals surface area contributed by atoms with Gasteiger partial charge in [-0.25, -0.2) is 4.79 Å². The van der Waals surface area contributed by atoms with Crippen molar-refractivity contribution in [1.82, 2.24) is 4.98 Å². The van der Waals surface area contributed by atoms with Crippen molar-refractivity contribution in [3.63, 3.8) is 0 Å². The van der Waals surface area contributed by atoms with Crippen molar-refractivity contribution >= 4 is 21.9 Å². The molecule has 0 saturated heterocycles. The summed E-state index contributed by atoms with van der Waals surface area (Å²) >= 11 is 3.32. The van der Waals surface area contributed by atoms with Crippen LogP contribution in [0.5, 0.6) is 17.2 Å². The molecule has 0 aliphatic heterocycles. The van der Waals surface area contributed by atoms with Gasteiger partial charge >= 0.3 is 5.97 Å². The second-order valence-electron chi connectivity index (χ2n) is 3.58. The summed E-state index contributed by atoms with van der Waals surface area (Å²) in [7, 11) is 1.45. The molecule has 2 rings (SSSR count). The SMILES string of the molecule is COc1cc(C(=O)O)ccc1Oc1ccncc1Br. The lowest BCUT2D eigenvalue weighted by atomic mass is 10.2. The van der Waals surface area contributed by atoms with Crippen LogP contribution in [0, 0.1) is 0 Å². The molecule has 0 aliphatic carbocycles. The number of carbonyl (C=O) groups is 1. The van der Waals surface area contributed by atoms with E-state index in [2.05, 4.69) is 20.9 Å². The maximum absolute atomic E-state index is 10.9. The molecule has 0 atom stereocenters. The van der Waals surface area contributed by atoms with Gasteiger partial charge in [0.1, 0.15) is 5.75 Å². The molecule has 0 radical (unpaired) electrons. The van der Waals surface area contributed by atoms with Crippen LogP contribution >= 0.6 is 15.9 Å². The van der Waals surface area contributed by atoms with Gasteiger partial charge in [0.15, 0.2) is 11.5 Å². The summed E-state index contributed by atoms with van der Waals surface area (Å²) in [6.45, 7) is 0. The van der Waals surface area contributed by atoms with E-state index >= 15 is 0 Å². The Morgan fingerprint density at radius 2 is 2.05 bits per heavy atom. The Labute approximate surface area is 117 Å². The van der Waals surface area contributed by atoms with Crippen molar-refractivity contribution in [2.45, 2.75) is 0 Å². The number of hydrogen-bond donors (Lipinski definition) is 1. The van der Waals surface area contributed by atoms with Crippen LogP contribution in [0.4, 0.5) is 0 Å². The number of halogens is 1. The monoisotopic (exact) mass is 323 g/mol. The Morgan fingerprint density at radius 1 is 1.26 bits per heavy atom. The molecule has 98 valence electrons. The molecule has 1 aromatic heterocycles. The number of nitrogens with zero attached hydrogens (tertiary/aromatic N) is 1. The van der Waals surface area contributed by atoms with E-state index in [0.717, 1.165) is 0 Å². The van der Waals surface area contributed by atoms with Gasteiger partial charge in [0.2, 0.25) is 0 Å². The highest BCUT2D eigenvalue weighted by molar-refractivity contribution is 9.10. The normalized spacial score (nSPS) is 10.0. The summed E-state index contributed by atoms with van der Waals surface area (Å²) in [5.74, 6) is 0.328. The number of methoxy groups -OCH3 is 1. The third kappa shape index (κ3) is 3.03. The molecule has 2 aromatic rings. The lowest BCUT2D eigenvalue weighted by Crippen LogP contribution is -1.98. The molecule has 19 heavy (non-hydrogen) atoms. The van der Waals surface area contributed by atoms with Gasteiger partial charge < -0.3 is 14.6 Å². The zero-order valence-corrected chi connectivity index (χ0v) is 11.5. The highest BCUT2D eigenvalue weighted by Crippen LogP contribution is 2.35. The van der Waals surface area contributed by atoms with E-state index in [1.807, 2.05) is 0 Å². The molecule has 1 heterocycles. The average Bonchev–Trinajstić information content (AvgIpc) is 2.41. The summed E-state index contributed by atoms with van der Waals surface area (Å²) in [4.78, 5) is 14.8. The molecule has 1 N–H and O–H groups in total. The Morgan fingerprint density at radius 3 is 2.68 bits per heavy atom. The Hall–Kier alpha value is -2.08.